The first-order valence-corrected chi connectivity index (χ1v) is 9.61. The lowest BCUT2D eigenvalue weighted by molar-refractivity contribution is 0.100. The standard InChI is InChI=1S/C21H24N2O2S/c1-21(2,25)12-11-15-5-7-16(8-6-15)14-23-13-3-4-17(23)18-9-10-19(26-18)20(22)24/h5-10,17,25H,3-4,13-14H2,1-2H3,(H2,22,24)/t17-/m0/s1. The van der Waals surface area contributed by atoms with Crippen LogP contribution in [0, 0.1) is 11.8 Å². The van der Waals surface area contributed by atoms with Crippen LogP contribution >= 0.6 is 11.3 Å². The minimum Gasteiger partial charge on any atom is -0.378 e. The quantitative estimate of drug-likeness (QED) is 0.814. The Bertz CT molecular complexity index is 837. The highest BCUT2D eigenvalue weighted by atomic mass is 32.1. The molecule has 0 bridgehead atoms. The number of hydrogen-bond donors (Lipinski definition) is 2. The monoisotopic (exact) mass is 368 g/mol. The molecule has 1 aromatic heterocycles. The molecule has 1 aliphatic heterocycles. The van der Waals surface area contributed by atoms with Crippen molar-refractivity contribution in [3.8, 4) is 11.8 Å². The molecule has 4 nitrogen and oxygen atoms in total. The van der Waals surface area contributed by atoms with Crippen LogP contribution in [-0.2, 0) is 6.54 Å². The molecular weight excluding hydrogens is 344 g/mol. The number of rotatable bonds is 4. The molecule has 136 valence electrons. The van der Waals surface area contributed by atoms with Gasteiger partial charge in [0.1, 0.15) is 5.60 Å². The number of likely N-dealkylation sites (tertiary alicyclic amines) is 1. The van der Waals surface area contributed by atoms with Gasteiger partial charge in [-0.1, -0.05) is 24.0 Å². The van der Waals surface area contributed by atoms with E-state index in [1.807, 2.05) is 24.3 Å². The van der Waals surface area contributed by atoms with E-state index in [0.717, 1.165) is 31.5 Å². The third-order valence-corrected chi connectivity index (χ3v) is 5.62. The highest BCUT2D eigenvalue weighted by molar-refractivity contribution is 7.14. The van der Waals surface area contributed by atoms with Crippen molar-refractivity contribution in [2.45, 2.75) is 44.9 Å². The molecule has 1 aromatic carbocycles. The summed E-state index contributed by atoms with van der Waals surface area (Å²) in [6.07, 6.45) is 2.26. The first kappa shape index (κ1) is 18.7. The Labute approximate surface area is 158 Å². The average molecular weight is 369 g/mol. The van der Waals surface area contributed by atoms with Gasteiger partial charge in [0.15, 0.2) is 0 Å². The van der Waals surface area contributed by atoms with E-state index in [1.165, 1.54) is 21.8 Å². The van der Waals surface area contributed by atoms with Gasteiger partial charge in [-0.2, -0.15) is 0 Å². The van der Waals surface area contributed by atoms with Crippen LogP contribution < -0.4 is 5.73 Å². The van der Waals surface area contributed by atoms with Gasteiger partial charge >= 0.3 is 0 Å². The van der Waals surface area contributed by atoms with Crippen LogP contribution in [0.5, 0.6) is 0 Å². The van der Waals surface area contributed by atoms with Crippen LogP contribution in [0.1, 0.15) is 58.4 Å². The predicted octanol–water partition coefficient (Wildman–Crippen LogP) is 3.31. The summed E-state index contributed by atoms with van der Waals surface area (Å²) in [5.41, 5.74) is 6.54. The highest BCUT2D eigenvalue weighted by Gasteiger charge is 2.27. The van der Waals surface area contributed by atoms with Crippen molar-refractivity contribution in [1.29, 1.82) is 0 Å². The number of amides is 1. The van der Waals surface area contributed by atoms with Gasteiger partial charge in [-0.3, -0.25) is 9.69 Å². The van der Waals surface area contributed by atoms with Gasteiger partial charge in [-0.25, -0.2) is 0 Å². The van der Waals surface area contributed by atoms with Gasteiger partial charge < -0.3 is 10.8 Å². The molecule has 1 aliphatic rings. The maximum absolute atomic E-state index is 11.3. The van der Waals surface area contributed by atoms with Crippen LogP contribution in [0.15, 0.2) is 36.4 Å². The second kappa shape index (κ2) is 7.63. The van der Waals surface area contributed by atoms with Crippen molar-refractivity contribution in [1.82, 2.24) is 4.90 Å². The first-order chi connectivity index (χ1) is 12.3. The lowest BCUT2D eigenvalue weighted by atomic mass is 10.1. The number of carbonyl (C=O) groups is 1. The molecule has 5 heteroatoms. The summed E-state index contributed by atoms with van der Waals surface area (Å²) in [5, 5.41) is 9.69. The predicted molar refractivity (Wildman–Crippen MR) is 105 cm³/mol. The molecule has 3 N–H and O–H groups in total. The zero-order valence-corrected chi connectivity index (χ0v) is 16.0. The van der Waals surface area contributed by atoms with E-state index in [1.54, 1.807) is 13.8 Å². The number of carbonyl (C=O) groups excluding carboxylic acids is 1. The molecule has 2 aromatic rings. The van der Waals surface area contributed by atoms with E-state index in [9.17, 15) is 9.90 Å². The topological polar surface area (TPSA) is 66.6 Å². The zero-order valence-electron chi connectivity index (χ0n) is 15.2. The van der Waals surface area contributed by atoms with Gasteiger partial charge in [0.2, 0.25) is 0 Å². The van der Waals surface area contributed by atoms with Crippen LogP contribution in [0.4, 0.5) is 0 Å². The van der Waals surface area contributed by atoms with E-state index in [2.05, 4.69) is 28.9 Å². The Morgan fingerprint density at radius 2 is 2.04 bits per heavy atom. The van der Waals surface area contributed by atoms with Gasteiger partial charge in [0, 0.05) is 23.0 Å². The maximum atomic E-state index is 11.3. The van der Waals surface area contributed by atoms with Gasteiger partial charge in [-0.15, -0.1) is 11.3 Å². The molecule has 0 spiro atoms. The van der Waals surface area contributed by atoms with Crippen LogP contribution in [0.2, 0.25) is 0 Å². The Morgan fingerprint density at radius 3 is 2.65 bits per heavy atom. The van der Waals surface area contributed by atoms with E-state index in [4.69, 9.17) is 5.73 Å². The molecular formula is C21H24N2O2S. The first-order valence-electron chi connectivity index (χ1n) is 8.80. The lowest BCUT2D eigenvalue weighted by Crippen LogP contribution is -2.22. The van der Waals surface area contributed by atoms with E-state index in [0.29, 0.717) is 10.9 Å². The second-order valence-electron chi connectivity index (χ2n) is 7.20. The number of hydrogen-bond acceptors (Lipinski definition) is 4. The van der Waals surface area contributed by atoms with Crippen LogP contribution in [0.3, 0.4) is 0 Å². The van der Waals surface area contributed by atoms with Crippen molar-refractivity contribution < 1.29 is 9.90 Å². The summed E-state index contributed by atoms with van der Waals surface area (Å²) in [7, 11) is 0. The smallest absolute Gasteiger partial charge is 0.258 e. The molecule has 3 rings (SSSR count). The fraction of sp³-hybridized carbons (Fsp3) is 0.381. The third-order valence-electron chi connectivity index (χ3n) is 4.41. The molecule has 1 saturated heterocycles. The average Bonchev–Trinajstić information content (AvgIpc) is 3.22. The molecule has 2 heterocycles. The fourth-order valence-corrected chi connectivity index (χ4v) is 4.18. The van der Waals surface area contributed by atoms with Crippen molar-refractivity contribution in [3.05, 3.63) is 57.3 Å². The van der Waals surface area contributed by atoms with E-state index in [-0.39, 0.29) is 5.91 Å². The molecule has 1 fully saturated rings. The number of nitrogens with two attached hydrogens (primary N) is 1. The summed E-state index contributed by atoms with van der Waals surface area (Å²) in [6, 6.07) is 12.4. The van der Waals surface area contributed by atoms with Gasteiger partial charge in [0.25, 0.3) is 5.91 Å². The summed E-state index contributed by atoms with van der Waals surface area (Å²) in [6.45, 7) is 5.27. The number of benzene rings is 1. The number of aliphatic hydroxyl groups is 1. The summed E-state index contributed by atoms with van der Waals surface area (Å²) in [5.74, 6) is 5.47. The Hall–Kier alpha value is -2.13. The van der Waals surface area contributed by atoms with Gasteiger partial charge in [0.05, 0.1) is 4.88 Å². The van der Waals surface area contributed by atoms with E-state index < -0.39 is 5.60 Å². The molecule has 1 amide bonds. The largest absolute Gasteiger partial charge is 0.378 e. The minimum absolute atomic E-state index is 0.350. The Morgan fingerprint density at radius 1 is 1.31 bits per heavy atom. The maximum Gasteiger partial charge on any atom is 0.258 e. The third kappa shape index (κ3) is 4.73. The van der Waals surface area contributed by atoms with Crippen molar-refractivity contribution in [2.75, 3.05) is 6.54 Å². The van der Waals surface area contributed by atoms with Crippen LogP contribution in [-0.4, -0.2) is 28.1 Å². The molecule has 0 saturated carbocycles. The highest BCUT2D eigenvalue weighted by Crippen LogP contribution is 2.36. The van der Waals surface area contributed by atoms with Crippen molar-refractivity contribution in [2.24, 2.45) is 5.73 Å². The molecule has 0 aliphatic carbocycles. The molecule has 1 atom stereocenters. The number of thiophene rings is 1. The molecule has 26 heavy (non-hydrogen) atoms. The Balaban J connectivity index is 1.69. The fourth-order valence-electron chi connectivity index (χ4n) is 3.16. The van der Waals surface area contributed by atoms with Crippen molar-refractivity contribution in [3.63, 3.8) is 0 Å². The normalized spacial score (nSPS) is 17.7. The zero-order chi connectivity index (χ0) is 18.7. The summed E-state index contributed by atoms with van der Waals surface area (Å²) < 4.78 is 0. The van der Waals surface area contributed by atoms with Crippen molar-refractivity contribution >= 4 is 17.2 Å². The van der Waals surface area contributed by atoms with Crippen LogP contribution in [0.25, 0.3) is 0 Å². The molecule has 0 radical (unpaired) electrons. The Kier molecular flexibility index (Phi) is 5.47. The summed E-state index contributed by atoms with van der Waals surface area (Å²) in [4.78, 5) is 15.6. The SMILES string of the molecule is CC(C)(O)C#Cc1ccc(CN2CCC[C@H]2c2ccc(C(N)=O)s2)cc1. The lowest BCUT2D eigenvalue weighted by Gasteiger charge is -2.23. The van der Waals surface area contributed by atoms with E-state index >= 15 is 0 Å². The number of nitrogens with zero attached hydrogens (tertiary/aromatic N) is 1. The summed E-state index contributed by atoms with van der Waals surface area (Å²) >= 11 is 1.51. The number of primary amides is 1. The second-order valence-corrected chi connectivity index (χ2v) is 8.32. The molecule has 0 unspecified atom stereocenters. The van der Waals surface area contributed by atoms with Gasteiger partial charge in [-0.05, 0) is 63.1 Å². The minimum atomic E-state index is -0.980.